The minimum atomic E-state index is -0.488. The van der Waals surface area contributed by atoms with E-state index in [4.69, 9.17) is 10.2 Å². The highest BCUT2D eigenvalue weighted by Crippen LogP contribution is 2.10. The highest BCUT2D eigenvalue weighted by Gasteiger charge is 2.03. The summed E-state index contributed by atoms with van der Waals surface area (Å²) in [7, 11) is 0. The van der Waals surface area contributed by atoms with Crippen molar-refractivity contribution in [2.45, 2.75) is 90.3 Å². The Morgan fingerprint density at radius 1 is 0.667 bits per heavy atom. The standard InChI is InChI=1S/C18H36N2O4/c1-15(21)13-19-17(23)11-9-7-5-3-4-6-8-10-12-18(24)20-14-16(2)22/h15-16,21-22H,3-14H2,1-2H3,(H,19,23)(H,20,24). The highest BCUT2D eigenvalue weighted by molar-refractivity contribution is 5.76. The first-order valence-corrected chi connectivity index (χ1v) is 9.31. The lowest BCUT2D eigenvalue weighted by atomic mass is 10.1. The Labute approximate surface area is 146 Å². The average Bonchev–Trinajstić information content (AvgIpc) is 2.52. The quantitative estimate of drug-likeness (QED) is 0.341. The Hall–Kier alpha value is -1.14. The number of carbonyl (C=O) groups excluding carboxylic acids is 2. The normalized spacial score (nSPS) is 13.3. The summed E-state index contributed by atoms with van der Waals surface area (Å²) in [5, 5.41) is 23.5. The first kappa shape index (κ1) is 22.9. The lowest BCUT2D eigenvalue weighted by molar-refractivity contribution is -0.122. The van der Waals surface area contributed by atoms with E-state index in [-0.39, 0.29) is 11.8 Å². The van der Waals surface area contributed by atoms with Crippen molar-refractivity contribution >= 4 is 11.8 Å². The van der Waals surface area contributed by atoms with Gasteiger partial charge in [-0.3, -0.25) is 9.59 Å². The number of rotatable bonds is 15. The van der Waals surface area contributed by atoms with Crippen LogP contribution < -0.4 is 10.6 Å². The third kappa shape index (κ3) is 17.2. The van der Waals surface area contributed by atoms with Crippen LogP contribution >= 0.6 is 0 Å². The Morgan fingerprint density at radius 3 is 1.25 bits per heavy atom. The Bertz CT molecular complexity index is 301. The van der Waals surface area contributed by atoms with E-state index in [1.807, 2.05) is 0 Å². The molecular weight excluding hydrogens is 308 g/mol. The molecule has 0 aliphatic rings. The number of aliphatic hydroxyl groups is 2. The van der Waals surface area contributed by atoms with Crippen LogP contribution in [0.4, 0.5) is 0 Å². The van der Waals surface area contributed by atoms with E-state index in [1.165, 1.54) is 12.8 Å². The third-order valence-electron chi connectivity index (χ3n) is 3.75. The van der Waals surface area contributed by atoms with Gasteiger partial charge in [-0.15, -0.1) is 0 Å². The zero-order valence-electron chi connectivity index (χ0n) is 15.4. The molecule has 0 saturated carbocycles. The van der Waals surface area contributed by atoms with Gasteiger partial charge in [0.15, 0.2) is 0 Å². The van der Waals surface area contributed by atoms with Crippen LogP contribution in [0.5, 0.6) is 0 Å². The van der Waals surface area contributed by atoms with Gasteiger partial charge in [0.1, 0.15) is 0 Å². The zero-order valence-corrected chi connectivity index (χ0v) is 15.4. The predicted molar refractivity (Wildman–Crippen MR) is 95.6 cm³/mol. The molecule has 0 saturated heterocycles. The van der Waals surface area contributed by atoms with Crippen molar-refractivity contribution in [3.05, 3.63) is 0 Å². The van der Waals surface area contributed by atoms with Crippen LogP contribution in [0.25, 0.3) is 0 Å². The van der Waals surface area contributed by atoms with Crippen molar-refractivity contribution < 1.29 is 19.8 Å². The highest BCUT2D eigenvalue weighted by atomic mass is 16.3. The Morgan fingerprint density at radius 2 is 0.958 bits per heavy atom. The van der Waals surface area contributed by atoms with Gasteiger partial charge in [-0.2, -0.15) is 0 Å². The van der Waals surface area contributed by atoms with Gasteiger partial charge in [-0.1, -0.05) is 38.5 Å². The molecule has 0 aliphatic carbocycles. The van der Waals surface area contributed by atoms with E-state index in [0.717, 1.165) is 38.5 Å². The van der Waals surface area contributed by atoms with Gasteiger partial charge in [0.2, 0.25) is 11.8 Å². The predicted octanol–water partition coefficient (Wildman–Crippen LogP) is 1.88. The summed E-state index contributed by atoms with van der Waals surface area (Å²) in [5.41, 5.74) is 0. The largest absolute Gasteiger partial charge is 0.392 e. The summed E-state index contributed by atoms with van der Waals surface area (Å²) in [6.07, 6.45) is 8.63. The molecule has 6 nitrogen and oxygen atoms in total. The van der Waals surface area contributed by atoms with Crippen molar-refractivity contribution in [2.24, 2.45) is 0 Å². The molecule has 6 heteroatoms. The summed E-state index contributed by atoms with van der Waals surface area (Å²) >= 11 is 0. The van der Waals surface area contributed by atoms with Gasteiger partial charge < -0.3 is 20.8 Å². The van der Waals surface area contributed by atoms with Gasteiger partial charge in [-0.25, -0.2) is 0 Å². The molecule has 0 heterocycles. The summed E-state index contributed by atoms with van der Waals surface area (Å²) in [6, 6.07) is 0. The SMILES string of the molecule is CC(O)CNC(=O)CCCCCCCCCCC(=O)NCC(C)O. The van der Waals surface area contributed by atoms with E-state index in [1.54, 1.807) is 13.8 Å². The van der Waals surface area contributed by atoms with E-state index < -0.39 is 12.2 Å². The molecule has 0 aromatic carbocycles. The maximum absolute atomic E-state index is 11.4. The molecule has 0 aliphatic heterocycles. The number of aliphatic hydroxyl groups excluding tert-OH is 2. The number of hydrogen-bond donors (Lipinski definition) is 4. The first-order valence-electron chi connectivity index (χ1n) is 9.31. The lowest BCUT2D eigenvalue weighted by Crippen LogP contribution is -2.30. The molecule has 0 radical (unpaired) electrons. The van der Waals surface area contributed by atoms with Gasteiger partial charge in [0.25, 0.3) is 0 Å². The molecule has 2 unspecified atom stereocenters. The fourth-order valence-electron chi connectivity index (χ4n) is 2.33. The van der Waals surface area contributed by atoms with Crippen LogP contribution in [0.2, 0.25) is 0 Å². The topological polar surface area (TPSA) is 98.7 Å². The van der Waals surface area contributed by atoms with Gasteiger partial charge in [0.05, 0.1) is 12.2 Å². The maximum atomic E-state index is 11.4. The fourth-order valence-corrected chi connectivity index (χ4v) is 2.33. The summed E-state index contributed by atoms with van der Waals surface area (Å²) in [6.45, 7) is 3.97. The van der Waals surface area contributed by atoms with Crippen LogP contribution in [0.3, 0.4) is 0 Å². The van der Waals surface area contributed by atoms with Crippen LogP contribution in [0.1, 0.15) is 78.1 Å². The monoisotopic (exact) mass is 344 g/mol. The molecule has 2 atom stereocenters. The molecule has 142 valence electrons. The average molecular weight is 344 g/mol. The maximum Gasteiger partial charge on any atom is 0.220 e. The summed E-state index contributed by atoms with van der Waals surface area (Å²) < 4.78 is 0. The van der Waals surface area contributed by atoms with Gasteiger partial charge >= 0.3 is 0 Å². The molecule has 0 aromatic rings. The van der Waals surface area contributed by atoms with Crippen molar-refractivity contribution in [1.82, 2.24) is 10.6 Å². The minimum Gasteiger partial charge on any atom is -0.392 e. The van der Waals surface area contributed by atoms with Crippen LogP contribution in [0, 0.1) is 0 Å². The molecule has 0 spiro atoms. The Kier molecular flexibility index (Phi) is 14.7. The molecule has 0 rings (SSSR count). The van der Waals surface area contributed by atoms with Crippen molar-refractivity contribution in [3.8, 4) is 0 Å². The third-order valence-corrected chi connectivity index (χ3v) is 3.75. The minimum absolute atomic E-state index is 0.0183. The number of nitrogens with one attached hydrogen (secondary N) is 2. The second-order valence-electron chi connectivity index (χ2n) is 6.63. The molecule has 0 bridgehead atoms. The van der Waals surface area contributed by atoms with Crippen molar-refractivity contribution in [2.75, 3.05) is 13.1 Å². The fraction of sp³-hybridized carbons (Fsp3) is 0.889. The smallest absolute Gasteiger partial charge is 0.220 e. The Balaban J connectivity index is 3.25. The molecule has 2 amide bonds. The number of carbonyl (C=O) groups is 2. The van der Waals surface area contributed by atoms with E-state index >= 15 is 0 Å². The molecule has 0 fully saturated rings. The van der Waals surface area contributed by atoms with E-state index in [2.05, 4.69) is 10.6 Å². The van der Waals surface area contributed by atoms with E-state index in [9.17, 15) is 9.59 Å². The second-order valence-corrected chi connectivity index (χ2v) is 6.63. The number of hydrogen-bond acceptors (Lipinski definition) is 4. The van der Waals surface area contributed by atoms with Crippen LogP contribution in [-0.2, 0) is 9.59 Å². The summed E-state index contributed by atoms with van der Waals surface area (Å²) in [4.78, 5) is 22.8. The van der Waals surface area contributed by atoms with Crippen LogP contribution in [0.15, 0.2) is 0 Å². The second kappa shape index (κ2) is 15.4. The van der Waals surface area contributed by atoms with E-state index in [0.29, 0.717) is 25.9 Å². The van der Waals surface area contributed by atoms with Gasteiger partial charge in [0, 0.05) is 25.9 Å². The van der Waals surface area contributed by atoms with Crippen molar-refractivity contribution in [1.29, 1.82) is 0 Å². The zero-order chi connectivity index (χ0) is 18.2. The molecule has 0 aromatic heterocycles. The number of unbranched alkanes of at least 4 members (excludes halogenated alkanes) is 7. The lowest BCUT2D eigenvalue weighted by Gasteiger charge is -2.07. The van der Waals surface area contributed by atoms with Crippen LogP contribution in [-0.4, -0.2) is 47.3 Å². The molecule has 24 heavy (non-hydrogen) atoms. The first-order chi connectivity index (χ1) is 11.4. The summed E-state index contributed by atoms with van der Waals surface area (Å²) in [5.74, 6) is 0.0366. The number of amides is 2. The van der Waals surface area contributed by atoms with Gasteiger partial charge in [-0.05, 0) is 26.7 Å². The molecule has 4 N–H and O–H groups in total. The van der Waals surface area contributed by atoms with Crippen molar-refractivity contribution in [3.63, 3.8) is 0 Å². The molecular formula is C18H36N2O4.